The summed E-state index contributed by atoms with van der Waals surface area (Å²) in [6, 6.07) is 6.68. The van der Waals surface area contributed by atoms with Gasteiger partial charge in [0.05, 0.1) is 5.69 Å². The molecule has 0 atom stereocenters. The first kappa shape index (κ1) is 38.4. The van der Waals surface area contributed by atoms with E-state index >= 15 is 0 Å². The minimum Gasteiger partial charge on any atom is -0.435 e. The third kappa shape index (κ3) is 15.2. The zero-order chi connectivity index (χ0) is 33.1. The first-order chi connectivity index (χ1) is 20.9. The highest BCUT2D eigenvalue weighted by Crippen LogP contribution is 2.40. The predicted octanol–water partition coefficient (Wildman–Crippen LogP) is 8.55. The van der Waals surface area contributed by atoms with Crippen LogP contribution in [0.25, 0.3) is 6.08 Å². The second-order valence-corrected chi connectivity index (χ2v) is 9.57. The number of nitrogens with zero attached hydrogens (tertiary/aromatic N) is 2. The Morgan fingerprint density at radius 3 is 2.30 bits per heavy atom. The molecule has 0 bridgehead atoms. The van der Waals surface area contributed by atoms with E-state index in [1.54, 1.807) is 6.08 Å². The predicted molar refractivity (Wildman–Crippen MR) is 158 cm³/mol. The standard InChI is InChI=1S/C25H29F4N3O2.C5H6F2O.C2H6/c1-4-17(2)20(7-5-18-6-9-21(16-30-3)32-15-18)8-10-22(33-24(26)27)13-19-11-12-31-23(14-19)34-25(28)29;6-5(7)1-4(2-5)3-8;1-2/h6,8-15,24-25,30H,4-5,7,16H2,1-3H3;3-4H,1-2H2;1-2H3/b10-8-,20-17+,22-13-;;. The Balaban J connectivity index is 0.000000824. The smallest absolute Gasteiger partial charge is 0.388 e. The van der Waals surface area contributed by atoms with Crippen LogP contribution < -0.4 is 10.1 Å². The molecule has 0 radical (unpaired) electrons. The van der Waals surface area contributed by atoms with Crippen molar-refractivity contribution >= 4 is 12.4 Å². The minimum absolute atomic E-state index is 0.122. The van der Waals surface area contributed by atoms with Gasteiger partial charge in [0.1, 0.15) is 12.0 Å². The number of aldehydes is 1. The van der Waals surface area contributed by atoms with Gasteiger partial charge < -0.3 is 19.6 Å². The molecule has 0 amide bonds. The summed E-state index contributed by atoms with van der Waals surface area (Å²) in [7, 11) is 1.86. The number of carbonyl (C=O) groups is 1. The van der Waals surface area contributed by atoms with E-state index < -0.39 is 19.1 Å². The van der Waals surface area contributed by atoms with Crippen LogP contribution in [0.2, 0.25) is 0 Å². The quantitative estimate of drug-likeness (QED) is 0.0977. The van der Waals surface area contributed by atoms with Crippen molar-refractivity contribution in [3.05, 3.63) is 82.5 Å². The van der Waals surface area contributed by atoms with Gasteiger partial charge in [0.25, 0.3) is 0 Å². The normalized spacial score (nSPS) is 15.1. The fourth-order valence-electron chi connectivity index (χ4n) is 3.88. The summed E-state index contributed by atoms with van der Waals surface area (Å²) >= 11 is 0. The van der Waals surface area contributed by atoms with Gasteiger partial charge in [-0.3, -0.25) is 4.98 Å². The lowest BCUT2D eigenvalue weighted by Gasteiger charge is -2.30. The molecule has 2 aromatic heterocycles. The van der Waals surface area contributed by atoms with Crippen molar-refractivity contribution in [1.82, 2.24) is 15.3 Å². The lowest BCUT2D eigenvalue weighted by Crippen LogP contribution is -2.35. The number of ether oxygens (including phenoxy) is 2. The van der Waals surface area contributed by atoms with E-state index in [1.165, 1.54) is 30.5 Å². The first-order valence-corrected chi connectivity index (χ1v) is 14.3. The largest absolute Gasteiger partial charge is 0.435 e. The summed E-state index contributed by atoms with van der Waals surface area (Å²) in [6.07, 6.45) is 9.92. The second-order valence-electron chi connectivity index (χ2n) is 9.57. The van der Waals surface area contributed by atoms with Gasteiger partial charge in [-0.25, -0.2) is 13.8 Å². The maximum absolute atomic E-state index is 13.0. The molecule has 2 heterocycles. The van der Waals surface area contributed by atoms with Crippen molar-refractivity contribution < 1.29 is 40.6 Å². The Bertz CT molecular complexity index is 1210. The van der Waals surface area contributed by atoms with E-state index in [-0.39, 0.29) is 30.4 Å². The summed E-state index contributed by atoms with van der Waals surface area (Å²) in [4.78, 5) is 17.8. The SMILES string of the molecule is CC.CC/C(C)=C(/C=C\C(=C\c1ccnc(OC(F)F)c1)OC(F)F)CCc1ccc(CNC)nc1.O=CC1CC(F)(F)C1. The second kappa shape index (κ2) is 20.3. The van der Waals surface area contributed by atoms with Gasteiger partial charge in [0, 0.05) is 43.8 Å². The van der Waals surface area contributed by atoms with Crippen LogP contribution in [0.5, 0.6) is 5.88 Å². The molecule has 244 valence electrons. The van der Waals surface area contributed by atoms with Gasteiger partial charge in [-0.1, -0.05) is 38.5 Å². The van der Waals surface area contributed by atoms with E-state index in [1.807, 2.05) is 53.1 Å². The van der Waals surface area contributed by atoms with E-state index in [0.29, 0.717) is 24.8 Å². The van der Waals surface area contributed by atoms with Gasteiger partial charge in [0.2, 0.25) is 11.8 Å². The highest BCUT2D eigenvalue weighted by molar-refractivity contribution is 5.56. The van der Waals surface area contributed by atoms with Gasteiger partial charge in [-0.15, -0.1) is 0 Å². The number of aromatic nitrogens is 2. The molecule has 1 saturated carbocycles. The molecule has 0 aliphatic heterocycles. The molecule has 3 rings (SSSR count). The molecule has 0 saturated heterocycles. The average molecular weight is 630 g/mol. The van der Waals surface area contributed by atoms with Crippen LogP contribution in [0.4, 0.5) is 26.3 Å². The van der Waals surface area contributed by atoms with Crippen LogP contribution in [0.15, 0.2) is 65.7 Å². The fraction of sp³-hybridized carbons (Fsp3) is 0.469. The molecule has 1 fully saturated rings. The van der Waals surface area contributed by atoms with Crippen LogP contribution in [0.1, 0.15) is 70.2 Å². The summed E-state index contributed by atoms with van der Waals surface area (Å²) in [6.45, 7) is 2.61. The topological polar surface area (TPSA) is 73.3 Å². The average Bonchev–Trinajstić information content (AvgIpc) is 2.97. The number of alkyl halides is 6. The van der Waals surface area contributed by atoms with E-state index in [2.05, 4.69) is 24.8 Å². The minimum atomic E-state index is -3.04. The van der Waals surface area contributed by atoms with Crippen LogP contribution in [-0.2, 0) is 22.5 Å². The van der Waals surface area contributed by atoms with Crippen molar-refractivity contribution in [3.8, 4) is 5.88 Å². The molecule has 1 aliphatic rings. The molecule has 44 heavy (non-hydrogen) atoms. The van der Waals surface area contributed by atoms with E-state index in [9.17, 15) is 31.1 Å². The van der Waals surface area contributed by atoms with Crippen LogP contribution in [0, 0.1) is 5.92 Å². The van der Waals surface area contributed by atoms with Crippen molar-refractivity contribution in [1.29, 1.82) is 0 Å². The fourth-order valence-corrected chi connectivity index (χ4v) is 3.88. The molecule has 0 spiro atoms. The van der Waals surface area contributed by atoms with Gasteiger partial charge in [0.15, 0.2) is 0 Å². The molecule has 2 aromatic rings. The molecule has 12 heteroatoms. The lowest BCUT2D eigenvalue weighted by molar-refractivity contribution is -0.137. The Hall–Kier alpha value is -3.67. The Kier molecular flexibility index (Phi) is 17.7. The number of nitrogens with one attached hydrogen (secondary N) is 1. The third-order valence-corrected chi connectivity index (χ3v) is 6.27. The van der Waals surface area contributed by atoms with Gasteiger partial charge in [-0.05, 0) is 74.2 Å². The summed E-state index contributed by atoms with van der Waals surface area (Å²) in [5.74, 6) is -3.35. The van der Waals surface area contributed by atoms with Crippen LogP contribution >= 0.6 is 0 Å². The number of hydrogen-bond donors (Lipinski definition) is 1. The number of hydrogen-bond acceptors (Lipinski definition) is 6. The van der Waals surface area contributed by atoms with Crippen molar-refractivity contribution in [2.24, 2.45) is 5.92 Å². The Morgan fingerprint density at radius 1 is 1.09 bits per heavy atom. The number of allylic oxidation sites excluding steroid dienone is 4. The number of pyridine rings is 2. The van der Waals surface area contributed by atoms with Gasteiger partial charge >= 0.3 is 13.2 Å². The lowest BCUT2D eigenvalue weighted by atomic mass is 9.83. The highest BCUT2D eigenvalue weighted by atomic mass is 19.3. The van der Waals surface area contributed by atoms with E-state index in [4.69, 9.17) is 0 Å². The van der Waals surface area contributed by atoms with E-state index in [0.717, 1.165) is 35.2 Å². The monoisotopic (exact) mass is 629 g/mol. The molecular formula is C32H41F6N3O3. The third-order valence-electron chi connectivity index (χ3n) is 6.27. The Morgan fingerprint density at radius 2 is 1.80 bits per heavy atom. The summed E-state index contributed by atoms with van der Waals surface area (Å²) < 4.78 is 83.4. The molecular weight excluding hydrogens is 588 g/mol. The van der Waals surface area contributed by atoms with Gasteiger partial charge in [-0.2, -0.15) is 17.6 Å². The molecule has 0 aromatic carbocycles. The zero-order valence-electron chi connectivity index (χ0n) is 25.6. The van der Waals surface area contributed by atoms with Crippen molar-refractivity contribution in [2.45, 2.75) is 85.5 Å². The maximum Gasteiger partial charge on any atom is 0.388 e. The first-order valence-electron chi connectivity index (χ1n) is 14.3. The number of aryl methyl sites for hydroxylation is 1. The molecule has 6 nitrogen and oxygen atoms in total. The van der Waals surface area contributed by atoms with Crippen LogP contribution in [0.3, 0.4) is 0 Å². The van der Waals surface area contributed by atoms with Crippen molar-refractivity contribution in [2.75, 3.05) is 7.05 Å². The molecule has 1 N–H and O–H groups in total. The molecule has 0 unspecified atom stereocenters. The number of carbonyl (C=O) groups excluding carboxylic acids is 1. The highest BCUT2D eigenvalue weighted by Gasteiger charge is 2.44. The zero-order valence-corrected chi connectivity index (χ0v) is 25.6. The Labute approximate surface area is 255 Å². The summed E-state index contributed by atoms with van der Waals surface area (Å²) in [5, 5.41) is 3.05. The van der Waals surface area contributed by atoms with Crippen molar-refractivity contribution in [3.63, 3.8) is 0 Å². The maximum atomic E-state index is 13.0. The molecule has 1 aliphatic carbocycles. The van der Waals surface area contributed by atoms with Crippen LogP contribution in [-0.4, -0.2) is 42.4 Å². The summed E-state index contributed by atoms with van der Waals surface area (Å²) in [5.41, 5.74) is 4.45. The number of halogens is 6. The number of rotatable bonds is 14.